The monoisotopic (exact) mass is 1190 g/mol. The number of aryl methyl sites for hydroxylation is 2. The summed E-state index contributed by atoms with van der Waals surface area (Å²) in [6, 6.07) is 35.7. The normalized spacial score (nSPS) is 11.9. The predicted molar refractivity (Wildman–Crippen MR) is 275 cm³/mol. The molecule has 0 atom stereocenters. The molecule has 1 amide bonds. The van der Waals surface area contributed by atoms with E-state index in [2.05, 4.69) is 30.8 Å². The van der Waals surface area contributed by atoms with Crippen LogP contribution in [0.5, 0.6) is 23.0 Å². The Labute approximate surface area is 468 Å². The first-order valence-corrected chi connectivity index (χ1v) is 24.5. The van der Waals surface area contributed by atoms with Crippen molar-refractivity contribution in [3.63, 3.8) is 0 Å². The number of hydrogen-bond acceptors (Lipinski definition) is 15. The van der Waals surface area contributed by atoms with Crippen LogP contribution < -0.4 is 25.0 Å². The number of phenols is 1. The van der Waals surface area contributed by atoms with E-state index < -0.39 is 53.3 Å². The molecular weight excluding hydrogens is 1150 g/mol. The average molecular weight is 1190 g/mol. The molecule has 0 aliphatic carbocycles. The summed E-state index contributed by atoms with van der Waals surface area (Å²) in [4.78, 5) is 16.1. The number of fused-ring (bicyclic) bond motifs is 2. The number of aromatic hydroxyl groups is 1. The van der Waals surface area contributed by atoms with E-state index in [9.17, 15) is 46.1 Å². The van der Waals surface area contributed by atoms with Gasteiger partial charge in [-0.05, 0) is 95.7 Å². The van der Waals surface area contributed by atoms with Crippen LogP contribution in [0.1, 0.15) is 27.0 Å². The van der Waals surface area contributed by atoms with Crippen LogP contribution in [-0.4, -0.2) is 106 Å². The van der Waals surface area contributed by atoms with Crippen LogP contribution in [0.15, 0.2) is 169 Å². The van der Waals surface area contributed by atoms with Crippen molar-refractivity contribution in [3.05, 3.63) is 166 Å². The molecule has 368 valence electrons. The molecule has 23 heteroatoms. The molecule has 0 aliphatic heterocycles. The van der Waals surface area contributed by atoms with Crippen molar-refractivity contribution < 1.29 is 55.5 Å². The third-order valence-corrected chi connectivity index (χ3v) is 13.8. The third kappa shape index (κ3) is 12.5. The van der Waals surface area contributed by atoms with E-state index in [0.717, 1.165) is 0 Å². The first kappa shape index (κ1) is 55.9. The molecule has 0 aliphatic rings. The van der Waals surface area contributed by atoms with Crippen LogP contribution in [0.4, 0.5) is 34.1 Å². The van der Waals surface area contributed by atoms with E-state index in [-0.39, 0.29) is 110 Å². The largest absolute Gasteiger partial charge is 2.00 e. The van der Waals surface area contributed by atoms with Gasteiger partial charge in [0.25, 0.3) is 26.1 Å². The summed E-state index contributed by atoms with van der Waals surface area (Å²) >= 11 is 12.4. The zero-order valence-electron chi connectivity index (χ0n) is 38.7. The summed E-state index contributed by atoms with van der Waals surface area (Å²) in [6.07, 6.45) is 0. The van der Waals surface area contributed by atoms with E-state index in [1.165, 1.54) is 64.5 Å². The minimum absolute atomic E-state index is 0. The van der Waals surface area contributed by atoms with Gasteiger partial charge in [-0.3, -0.25) is 18.9 Å². The summed E-state index contributed by atoms with van der Waals surface area (Å²) in [5.41, 5.74) is 0.474. The molecule has 0 heterocycles. The van der Waals surface area contributed by atoms with Crippen LogP contribution in [0.3, 0.4) is 0 Å². The molecule has 0 saturated heterocycles. The fraction of sp³-hybridized carbons (Fsp3) is 0.0800. The number of nitrogens with one attached hydrogen (secondary N) is 1. The van der Waals surface area contributed by atoms with E-state index in [4.69, 9.17) is 32.7 Å². The SMILES string of the molecule is COc1ccccc1N=C([O-])c1cc2ccccc2c(N=Nc2ccc(C)c(S(=O)(=O)O)c2Cl)c1[O-].COc1ccccc1NC(=O)c1cc2ccccc2c(N=Nc2ccc(C)c(S(=O)(=O)O)c2Cl)c1O.[Ba+2]. The zero-order valence-corrected chi connectivity index (χ0v) is 46.3. The van der Waals surface area contributed by atoms with Crippen LogP contribution in [0.2, 0.25) is 10.0 Å². The minimum atomic E-state index is -4.63. The second-order valence-electron chi connectivity index (χ2n) is 15.3. The summed E-state index contributed by atoms with van der Waals surface area (Å²) in [6.45, 7) is 2.93. The Bertz CT molecular complexity index is 3790. The number of benzene rings is 8. The smallest absolute Gasteiger partial charge is 0.871 e. The van der Waals surface area contributed by atoms with Gasteiger partial charge in [-0.1, -0.05) is 114 Å². The van der Waals surface area contributed by atoms with Gasteiger partial charge in [-0.15, -0.1) is 15.3 Å². The first-order chi connectivity index (χ1) is 34.2. The maximum absolute atomic E-state index is 13.3. The fourth-order valence-electron chi connectivity index (χ4n) is 7.27. The molecule has 18 nitrogen and oxygen atoms in total. The van der Waals surface area contributed by atoms with Crippen molar-refractivity contribution in [1.82, 2.24) is 0 Å². The molecule has 8 rings (SSSR count). The van der Waals surface area contributed by atoms with Crippen molar-refractivity contribution in [2.45, 2.75) is 23.6 Å². The molecule has 8 aromatic carbocycles. The Morgan fingerprint density at radius 1 is 0.603 bits per heavy atom. The number of halogens is 2. The van der Waals surface area contributed by atoms with Crippen LogP contribution in [-0.2, 0) is 20.2 Å². The van der Waals surface area contributed by atoms with Gasteiger partial charge in [0, 0.05) is 10.8 Å². The van der Waals surface area contributed by atoms with Crippen LogP contribution in [0.25, 0.3) is 21.5 Å². The molecule has 0 saturated carbocycles. The number of anilines is 1. The number of para-hydroxylation sites is 4. The molecule has 0 fully saturated rings. The van der Waals surface area contributed by atoms with Gasteiger partial charge in [-0.2, -0.15) is 21.9 Å². The quantitative estimate of drug-likeness (QED) is 0.0292. The third-order valence-electron chi connectivity index (χ3n) is 10.7. The molecule has 0 bridgehead atoms. The van der Waals surface area contributed by atoms with Gasteiger partial charge in [0.2, 0.25) is 0 Å². The number of hydrogen-bond donors (Lipinski definition) is 4. The summed E-state index contributed by atoms with van der Waals surface area (Å²) < 4.78 is 76.5. The second-order valence-corrected chi connectivity index (χ2v) is 18.8. The molecule has 0 aromatic heterocycles. The first-order valence-electron chi connectivity index (χ1n) is 20.9. The summed E-state index contributed by atoms with van der Waals surface area (Å²) in [5.74, 6) is -1.77. The summed E-state index contributed by atoms with van der Waals surface area (Å²) in [7, 11) is -6.33. The number of ether oxygens (including phenoxy) is 2. The maximum Gasteiger partial charge on any atom is 2.00 e. The Balaban J connectivity index is 0.000000235. The number of rotatable bonds is 12. The van der Waals surface area contributed by atoms with Gasteiger partial charge in [0.05, 0.1) is 41.2 Å². The zero-order chi connectivity index (χ0) is 52.1. The Morgan fingerprint density at radius 2 is 1.05 bits per heavy atom. The number of azo groups is 2. The molecule has 73 heavy (non-hydrogen) atoms. The standard InChI is InChI=1S/2C25H20ClN3O6S.Ba/c2*1-14-11-12-19(21(26)24(14)36(32,33)34)28-29-22-16-8-4-3-7-15(16)13-17(23(22)30)25(31)27-18-9-5-6-10-20(18)35-2;/h2*3-13,30H,1-2H3,(H,27,31)(H,32,33,34);/q;;+2/p-2. The van der Waals surface area contributed by atoms with E-state index in [1.54, 1.807) is 97.1 Å². The van der Waals surface area contributed by atoms with Crippen LogP contribution in [0, 0.1) is 13.8 Å². The minimum Gasteiger partial charge on any atom is -0.871 e. The van der Waals surface area contributed by atoms with E-state index in [0.29, 0.717) is 38.7 Å². The van der Waals surface area contributed by atoms with Gasteiger partial charge < -0.3 is 30.1 Å². The fourth-order valence-corrected chi connectivity index (χ4v) is 9.97. The van der Waals surface area contributed by atoms with Crippen molar-refractivity contribution >= 4 is 160 Å². The maximum atomic E-state index is 13.3. The topological polar surface area (TPSA) is 284 Å². The van der Waals surface area contributed by atoms with Crippen molar-refractivity contribution in [2.75, 3.05) is 19.5 Å². The number of amides is 1. The average Bonchev–Trinajstić information content (AvgIpc) is 3.33. The Kier molecular flexibility index (Phi) is 18.1. The molecule has 4 N–H and O–H groups in total. The Morgan fingerprint density at radius 3 is 1.59 bits per heavy atom. The summed E-state index contributed by atoms with van der Waals surface area (Å²) in [5, 5.41) is 57.6. The van der Waals surface area contributed by atoms with Crippen molar-refractivity contribution in [1.29, 1.82) is 0 Å². The molecule has 0 radical (unpaired) electrons. The number of phenolic OH excluding ortho intramolecular Hbond substituents is 1. The number of methoxy groups -OCH3 is 2. The van der Waals surface area contributed by atoms with E-state index in [1.807, 2.05) is 0 Å². The van der Waals surface area contributed by atoms with Gasteiger partial charge in [0.1, 0.15) is 44.0 Å². The van der Waals surface area contributed by atoms with Crippen molar-refractivity contribution in [3.8, 4) is 23.0 Å². The molecular formula is C50H38BaCl2N6O12S2. The van der Waals surface area contributed by atoms with E-state index >= 15 is 0 Å². The van der Waals surface area contributed by atoms with Gasteiger partial charge >= 0.3 is 48.9 Å². The molecule has 0 unspecified atom stereocenters. The molecule has 0 spiro atoms. The van der Waals surface area contributed by atoms with Gasteiger partial charge in [-0.25, -0.2) is 0 Å². The second kappa shape index (κ2) is 23.6. The van der Waals surface area contributed by atoms with Crippen LogP contribution >= 0.6 is 23.2 Å². The number of aliphatic imine (C=N–C) groups is 1. The number of carbonyl (C=O) groups is 1. The molecule has 8 aromatic rings. The van der Waals surface area contributed by atoms with Gasteiger partial charge in [0.15, 0.2) is 5.75 Å². The predicted octanol–water partition coefficient (Wildman–Crippen LogP) is 11.0. The number of nitrogens with zero attached hydrogens (tertiary/aromatic N) is 5. The Hall–Kier alpha value is -6.41. The number of carbonyl (C=O) groups excluding carboxylic acids is 1. The van der Waals surface area contributed by atoms with Crippen molar-refractivity contribution in [2.24, 2.45) is 25.4 Å².